The molecule has 2 N–H and O–H groups in total. The number of carbonyl (C=O) groups is 1. The van der Waals surface area contributed by atoms with Crippen LogP contribution >= 0.6 is 0 Å². The lowest BCUT2D eigenvalue weighted by Gasteiger charge is -2.06. The summed E-state index contributed by atoms with van der Waals surface area (Å²) in [4.78, 5) is 12.0. The van der Waals surface area contributed by atoms with Crippen molar-refractivity contribution in [2.24, 2.45) is 5.73 Å². The zero-order chi connectivity index (χ0) is 6.57. The number of nitrogens with two attached hydrogens (primary N) is 1. The van der Waals surface area contributed by atoms with Crippen molar-refractivity contribution in [2.75, 3.05) is 20.6 Å². The molecule has 0 aliphatic rings. The van der Waals surface area contributed by atoms with Gasteiger partial charge in [-0.3, -0.25) is 4.79 Å². The number of carbonyl (C=O) groups excluding carboxylic acids is 1. The van der Waals surface area contributed by atoms with Gasteiger partial charge in [-0.05, 0) is 0 Å². The predicted octanol–water partition coefficient (Wildman–Crippen LogP) is -0.762. The van der Waals surface area contributed by atoms with Gasteiger partial charge in [-0.2, -0.15) is 0 Å². The highest BCUT2D eigenvalue weighted by molar-refractivity contribution is 5.84. The Bertz CT molecular complexity index is 80.5. The van der Waals surface area contributed by atoms with Crippen LogP contribution in [0.15, 0.2) is 0 Å². The molecule has 0 heterocycles. The summed E-state index contributed by atoms with van der Waals surface area (Å²) in [5.41, 5.74) is 5.06. The average molecular weight is 115 g/mol. The molecule has 8 heavy (non-hydrogen) atoms. The molecule has 0 unspecified atom stereocenters. The van der Waals surface area contributed by atoms with Crippen LogP contribution < -0.4 is 5.73 Å². The molecule has 0 aromatic heterocycles. The van der Waals surface area contributed by atoms with Gasteiger partial charge >= 0.3 is 0 Å². The summed E-state index contributed by atoms with van der Waals surface area (Å²) < 4.78 is 0. The van der Waals surface area contributed by atoms with E-state index in [1.54, 1.807) is 14.1 Å². The summed E-state index contributed by atoms with van der Waals surface area (Å²) in [6.45, 7) is 0.316. The number of rotatable bonds is 2. The second-order valence-corrected chi connectivity index (χ2v) is 1.67. The van der Waals surface area contributed by atoms with E-state index in [0.29, 0.717) is 6.54 Å². The van der Waals surface area contributed by atoms with Crippen molar-refractivity contribution < 1.29 is 4.79 Å². The molecule has 0 aromatic carbocycles. The molecule has 0 aromatic rings. The summed E-state index contributed by atoms with van der Waals surface area (Å²) >= 11 is 0. The van der Waals surface area contributed by atoms with E-state index in [1.807, 2.05) is 0 Å². The third-order valence-electron chi connectivity index (χ3n) is 0.733. The molecule has 0 aliphatic heterocycles. The molecule has 0 aliphatic carbocycles. The first-order valence-electron chi connectivity index (χ1n) is 2.43. The molecule has 3 heteroatoms. The maximum absolute atomic E-state index is 10.5. The maximum atomic E-state index is 10.5. The Morgan fingerprint density at radius 2 is 2.25 bits per heavy atom. The third-order valence-corrected chi connectivity index (χ3v) is 0.733. The van der Waals surface area contributed by atoms with Crippen LogP contribution in [-0.4, -0.2) is 31.4 Å². The van der Waals surface area contributed by atoms with Crippen molar-refractivity contribution in [3.63, 3.8) is 0 Å². The van der Waals surface area contributed by atoms with E-state index in [-0.39, 0.29) is 5.91 Å². The van der Waals surface area contributed by atoms with Gasteiger partial charge in [0.15, 0.2) is 0 Å². The van der Waals surface area contributed by atoms with Crippen molar-refractivity contribution in [3.8, 4) is 0 Å². The topological polar surface area (TPSA) is 46.3 Å². The minimum Gasteiger partial charge on any atom is -0.349 e. The molecular weight excluding hydrogens is 104 g/mol. The van der Waals surface area contributed by atoms with E-state index in [4.69, 9.17) is 5.73 Å². The Hall–Kier alpha value is -0.570. The van der Waals surface area contributed by atoms with Crippen LogP contribution in [0.5, 0.6) is 0 Å². The molecule has 0 spiro atoms. The van der Waals surface area contributed by atoms with E-state index in [9.17, 15) is 4.79 Å². The molecule has 0 atom stereocenters. The van der Waals surface area contributed by atoms with Gasteiger partial charge in [0.25, 0.3) is 0 Å². The highest BCUT2D eigenvalue weighted by Crippen LogP contribution is 1.79. The monoisotopic (exact) mass is 115 g/mol. The molecule has 0 saturated carbocycles. The van der Waals surface area contributed by atoms with Gasteiger partial charge in [0.1, 0.15) is 0 Å². The molecule has 0 rings (SSSR count). The van der Waals surface area contributed by atoms with E-state index in [2.05, 4.69) is 0 Å². The van der Waals surface area contributed by atoms with E-state index < -0.39 is 0 Å². The average Bonchev–Trinajstić information content (AvgIpc) is 1.67. The molecule has 0 bridgehead atoms. The van der Waals surface area contributed by atoms with Crippen LogP contribution in [0.2, 0.25) is 0 Å². The Morgan fingerprint density at radius 3 is 2.38 bits per heavy atom. The standard InChI is InChI=1S/C5H11N2O/c1-7(2)5(8)3-4-6/h3H,4,6H2,1-2H3. The second kappa shape index (κ2) is 3.43. The first-order chi connectivity index (χ1) is 3.68. The highest BCUT2D eigenvalue weighted by Gasteiger charge is 1.99. The molecule has 0 saturated heterocycles. The normalized spacial score (nSPS) is 8.88. The fraction of sp³-hybridized carbons (Fsp3) is 0.600. The smallest absolute Gasteiger partial charge is 0.227 e. The van der Waals surface area contributed by atoms with Crippen LogP contribution in [0.3, 0.4) is 0 Å². The first kappa shape index (κ1) is 7.43. The van der Waals surface area contributed by atoms with Gasteiger partial charge in [0.05, 0.1) is 6.42 Å². The van der Waals surface area contributed by atoms with Gasteiger partial charge in [-0.15, -0.1) is 0 Å². The SMILES string of the molecule is CN(C)C(=O)[CH]CN. The van der Waals surface area contributed by atoms with Gasteiger partial charge in [-0.25, -0.2) is 0 Å². The number of amides is 1. The largest absolute Gasteiger partial charge is 0.349 e. The Kier molecular flexibility index (Phi) is 3.19. The summed E-state index contributed by atoms with van der Waals surface area (Å²) in [5.74, 6) is -0.0347. The quantitative estimate of drug-likeness (QED) is 0.514. The zero-order valence-corrected chi connectivity index (χ0v) is 5.22. The molecule has 1 amide bonds. The van der Waals surface area contributed by atoms with Crippen LogP contribution in [0.4, 0.5) is 0 Å². The van der Waals surface area contributed by atoms with Crippen molar-refractivity contribution in [2.45, 2.75) is 0 Å². The summed E-state index contributed by atoms with van der Waals surface area (Å²) in [6.07, 6.45) is 1.43. The van der Waals surface area contributed by atoms with Gasteiger partial charge in [0.2, 0.25) is 5.91 Å². The Labute approximate surface area is 49.5 Å². The van der Waals surface area contributed by atoms with Crippen molar-refractivity contribution >= 4 is 5.91 Å². The second-order valence-electron chi connectivity index (χ2n) is 1.67. The zero-order valence-electron chi connectivity index (χ0n) is 5.22. The maximum Gasteiger partial charge on any atom is 0.227 e. The van der Waals surface area contributed by atoms with Crippen LogP contribution in [-0.2, 0) is 4.79 Å². The minimum atomic E-state index is -0.0347. The van der Waals surface area contributed by atoms with E-state index in [0.717, 1.165) is 0 Å². The Balaban J connectivity index is 3.33. The molecule has 47 valence electrons. The predicted molar refractivity (Wildman–Crippen MR) is 32.0 cm³/mol. The molecule has 3 nitrogen and oxygen atoms in total. The third kappa shape index (κ3) is 2.58. The van der Waals surface area contributed by atoms with Crippen LogP contribution in [0, 0.1) is 6.42 Å². The fourth-order valence-corrected chi connectivity index (χ4v) is 0.283. The van der Waals surface area contributed by atoms with E-state index in [1.165, 1.54) is 11.3 Å². The number of hydrogen-bond acceptors (Lipinski definition) is 2. The highest BCUT2D eigenvalue weighted by atomic mass is 16.2. The number of hydrogen-bond donors (Lipinski definition) is 1. The summed E-state index contributed by atoms with van der Waals surface area (Å²) in [6, 6.07) is 0. The lowest BCUT2D eigenvalue weighted by molar-refractivity contribution is -0.125. The lowest BCUT2D eigenvalue weighted by atomic mass is 10.4. The summed E-state index contributed by atoms with van der Waals surface area (Å²) in [7, 11) is 3.38. The molecule has 1 radical (unpaired) electrons. The fourth-order valence-electron chi connectivity index (χ4n) is 0.283. The molecular formula is C5H11N2O. The Morgan fingerprint density at radius 1 is 1.75 bits per heavy atom. The van der Waals surface area contributed by atoms with Crippen molar-refractivity contribution in [3.05, 3.63) is 6.42 Å². The van der Waals surface area contributed by atoms with E-state index >= 15 is 0 Å². The van der Waals surface area contributed by atoms with Gasteiger partial charge in [0, 0.05) is 20.6 Å². The molecule has 0 fully saturated rings. The first-order valence-corrected chi connectivity index (χ1v) is 2.43. The minimum absolute atomic E-state index is 0.0347. The number of nitrogens with zero attached hydrogens (tertiary/aromatic N) is 1. The van der Waals surface area contributed by atoms with Crippen molar-refractivity contribution in [1.29, 1.82) is 0 Å². The lowest BCUT2D eigenvalue weighted by Crippen LogP contribution is -2.24. The van der Waals surface area contributed by atoms with Crippen molar-refractivity contribution in [1.82, 2.24) is 4.90 Å². The van der Waals surface area contributed by atoms with Crippen LogP contribution in [0.25, 0.3) is 0 Å². The van der Waals surface area contributed by atoms with Gasteiger partial charge in [-0.1, -0.05) is 0 Å². The van der Waals surface area contributed by atoms with Crippen LogP contribution in [0.1, 0.15) is 0 Å². The van der Waals surface area contributed by atoms with Gasteiger partial charge < -0.3 is 10.6 Å². The summed E-state index contributed by atoms with van der Waals surface area (Å²) in [5, 5.41) is 0.